The maximum absolute atomic E-state index is 14.3. The van der Waals surface area contributed by atoms with E-state index in [-0.39, 0.29) is 17.8 Å². The summed E-state index contributed by atoms with van der Waals surface area (Å²) < 4.78 is 38.9. The number of methoxy groups -OCH3 is 1. The smallest absolute Gasteiger partial charge is 0.200 e. The highest BCUT2D eigenvalue weighted by Gasteiger charge is 2.32. The number of halogens is 2. The maximum atomic E-state index is 14.3. The van der Waals surface area contributed by atoms with E-state index in [2.05, 4.69) is 6.58 Å². The second kappa shape index (κ2) is 7.64. The zero-order valence-electron chi connectivity index (χ0n) is 14.3. The maximum Gasteiger partial charge on any atom is 0.200 e. The van der Waals surface area contributed by atoms with Gasteiger partial charge in [-0.15, -0.1) is 6.58 Å². The molecule has 1 heterocycles. The van der Waals surface area contributed by atoms with E-state index >= 15 is 0 Å². The highest BCUT2D eigenvalue weighted by Crippen LogP contribution is 2.42. The van der Waals surface area contributed by atoms with E-state index in [9.17, 15) is 8.78 Å². The van der Waals surface area contributed by atoms with Gasteiger partial charge in [-0.05, 0) is 67.9 Å². The molecule has 2 unspecified atom stereocenters. The molecule has 0 aromatic heterocycles. The number of benzene rings is 1. The van der Waals surface area contributed by atoms with Gasteiger partial charge < -0.3 is 9.47 Å². The summed E-state index contributed by atoms with van der Waals surface area (Å²) in [6, 6.07) is 3.21. The number of hydrogen-bond acceptors (Lipinski definition) is 2. The molecular weight excluding hydrogens is 310 g/mol. The molecule has 2 fully saturated rings. The van der Waals surface area contributed by atoms with Crippen molar-refractivity contribution in [1.29, 1.82) is 0 Å². The minimum atomic E-state index is -0.867. The van der Waals surface area contributed by atoms with Crippen LogP contribution in [0.2, 0.25) is 0 Å². The first-order chi connectivity index (χ1) is 11.6. The monoisotopic (exact) mass is 336 g/mol. The Hall–Kier alpha value is -1.42. The minimum absolute atomic E-state index is 0.0268. The molecule has 132 valence electrons. The summed E-state index contributed by atoms with van der Waals surface area (Å²) in [5, 5.41) is 0. The van der Waals surface area contributed by atoms with Gasteiger partial charge in [0.1, 0.15) is 0 Å². The summed E-state index contributed by atoms with van der Waals surface area (Å²) in [6.07, 6.45) is 8.25. The molecule has 1 aromatic carbocycles. The largest absolute Gasteiger partial charge is 0.494 e. The van der Waals surface area contributed by atoms with E-state index < -0.39 is 11.6 Å². The average molecular weight is 336 g/mol. The normalized spacial score (nSPS) is 30.8. The SMILES string of the molecule is C=CC1CCC(C2CCC(c3ccc(OC)c(F)c3F)CC2)CO1. The Bertz CT molecular complexity index is 571. The van der Waals surface area contributed by atoms with Crippen LogP contribution < -0.4 is 4.74 Å². The Balaban J connectivity index is 1.59. The first-order valence-electron chi connectivity index (χ1n) is 8.90. The van der Waals surface area contributed by atoms with Crippen LogP contribution in [0, 0.1) is 23.5 Å². The molecule has 4 heteroatoms. The Kier molecular flexibility index (Phi) is 5.54. The van der Waals surface area contributed by atoms with Gasteiger partial charge in [-0.1, -0.05) is 12.1 Å². The van der Waals surface area contributed by atoms with Crippen molar-refractivity contribution in [3.8, 4) is 5.75 Å². The van der Waals surface area contributed by atoms with E-state index in [1.165, 1.54) is 19.6 Å². The fraction of sp³-hybridized carbons (Fsp3) is 0.600. The molecule has 0 bridgehead atoms. The van der Waals surface area contributed by atoms with E-state index in [1.807, 2.05) is 6.08 Å². The van der Waals surface area contributed by atoms with Crippen molar-refractivity contribution in [1.82, 2.24) is 0 Å². The molecule has 24 heavy (non-hydrogen) atoms. The van der Waals surface area contributed by atoms with Crippen LogP contribution in [-0.2, 0) is 4.74 Å². The lowest BCUT2D eigenvalue weighted by Crippen LogP contribution is -2.31. The Morgan fingerprint density at radius 2 is 1.75 bits per heavy atom. The predicted molar refractivity (Wildman–Crippen MR) is 90.3 cm³/mol. The summed E-state index contributed by atoms with van der Waals surface area (Å²) in [5.41, 5.74) is 0.498. The quantitative estimate of drug-likeness (QED) is 0.701. The molecule has 2 atom stereocenters. The number of hydrogen-bond donors (Lipinski definition) is 0. The lowest BCUT2D eigenvalue weighted by Gasteiger charge is -2.37. The highest BCUT2D eigenvalue weighted by atomic mass is 19.2. The lowest BCUT2D eigenvalue weighted by molar-refractivity contribution is -0.0148. The van der Waals surface area contributed by atoms with Gasteiger partial charge in [0, 0.05) is 0 Å². The molecule has 2 nitrogen and oxygen atoms in total. The second-order valence-corrected chi connectivity index (χ2v) is 7.04. The summed E-state index contributed by atoms with van der Waals surface area (Å²) in [6.45, 7) is 4.60. The van der Waals surface area contributed by atoms with E-state index in [0.717, 1.165) is 38.7 Å². The fourth-order valence-electron chi connectivity index (χ4n) is 4.27. The van der Waals surface area contributed by atoms with Crippen LogP contribution in [0.25, 0.3) is 0 Å². The van der Waals surface area contributed by atoms with Crippen LogP contribution in [0.3, 0.4) is 0 Å². The van der Waals surface area contributed by atoms with Crippen molar-refractivity contribution in [3.05, 3.63) is 42.0 Å². The van der Waals surface area contributed by atoms with Crippen LogP contribution in [0.1, 0.15) is 50.0 Å². The van der Waals surface area contributed by atoms with Gasteiger partial charge in [0.05, 0.1) is 19.8 Å². The summed E-state index contributed by atoms with van der Waals surface area (Å²) in [7, 11) is 1.35. The zero-order valence-corrected chi connectivity index (χ0v) is 14.3. The van der Waals surface area contributed by atoms with Crippen molar-refractivity contribution < 1.29 is 18.3 Å². The molecule has 1 saturated carbocycles. The van der Waals surface area contributed by atoms with Crippen molar-refractivity contribution in [2.45, 2.75) is 50.5 Å². The van der Waals surface area contributed by atoms with Gasteiger partial charge in [0.15, 0.2) is 11.6 Å². The number of rotatable bonds is 4. The molecule has 1 aromatic rings. The zero-order chi connectivity index (χ0) is 17.1. The molecule has 2 aliphatic rings. The van der Waals surface area contributed by atoms with Gasteiger partial charge in [-0.2, -0.15) is 4.39 Å². The van der Waals surface area contributed by atoms with Crippen LogP contribution in [0.4, 0.5) is 8.78 Å². The van der Waals surface area contributed by atoms with Crippen LogP contribution in [0.5, 0.6) is 5.75 Å². The fourth-order valence-corrected chi connectivity index (χ4v) is 4.27. The molecule has 1 aliphatic carbocycles. The molecule has 0 spiro atoms. The van der Waals surface area contributed by atoms with Crippen molar-refractivity contribution in [3.63, 3.8) is 0 Å². The Labute approximate surface area is 142 Å². The van der Waals surface area contributed by atoms with Crippen molar-refractivity contribution in [2.24, 2.45) is 11.8 Å². The van der Waals surface area contributed by atoms with Crippen LogP contribution in [0.15, 0.2) is 24.8 Å². The average Bonchev–Trinajstić information content (AvgIpc) is 2.64. The third kappa shape index (κ3) is 3.49. The third-order valence-corrected chi connectivity index (χ3v) is 5.78. The van der Waals surface area contributed by atoms with Crippen molar-refractivity contribution in [2.75, 3.05) is 13.7 Å². The number of ether oxygens (including phenoxy) is 2. The van der Waals surface area contributed by atoms with Gasteiger partial charge in [0.25, 0.3) is 0 Å². The van der Waals surface area contributed by atoms with Crippen molar-refractivity contribution >= 4 is 0 Å². The summed E-state index contributed by atoms with van der Waals surface area (Å²) in [4.78, 5) is 0. The Morgan fingerprint density at radius 3 is 2.33 bits per heavy atom. The third-order valence-electron chi connectivity index (χ3n) is 5.78. The van der Waals surface area contributed by atoms with E-state index in [0.29, 0.717) is 17.4 Å². The van der Waals surface area contributed by atoms with Crippen LogP contribution >= 0.6 is 0 Å². The summed E-state index contributed by atoms with van der Waals surface area (Å²) in [5.74, 6) is -0.299. The first-order valence-corrected chi connectivity index (χ1v) is 8.90. The van der Waals surface area contributed by atoms with Gasteiger partial charge >= 0.3 is 0 Å². The standard InChI is InChI=1S/C20H26F2O2/c1-3-16-9-8-15(12-24-16)13-4-6-14(7-5-13)17-10-11-18(23-2)20(22)19(17)21/h3,10-11,13-16H,1,4-9,12H2,2H3. The molecule has 3 rings (SSSR count). The van der Waals surface area contributed by atoms with E-state index in [1.54, 1.807) is 6.07 Å². The molecule has 1 saturated heterocycles. The van der Waals surface area contributed by atoms with Gasteiger partial charge in [-0.25, -0.2) is 4.39 Å². The minimum Gasteiger partial charge on any atom is -0.494 e. The first kappa shape index (κ1) is 17.4. The molecule has 0 radical (unpaired) electrons. The van der Waals surface area contributed by atoms with Crippen LogP contribution in [-0.4, -0.2) is 19.8 Å². The van der Waals surface area contributed by atoms with E-state index in [4.69, 9.17) is 9.47 Å². The lowest BCUT2D eigenvalue weighted by atomic mass is 9.72. The topological polar surface area (TPSA) is 18.5 Å². The van der Waals surface area contributed by atoms with Gasteiger partial charge in [0.2, 0.25) is 5.82 Å². The second-order valence-electron chi connectivity index (χ2n) is 7.04. The molecule has 1 aliphatic heterocycles. The van der Waals surface area contributed by atoms with Gasteiger partial charge in [-0.3, -0.25) is 0 Å². The summed E-state index contributed by atoms with van der Waals surface area (Å²) >= 11 is 0. The Morgan fingerprint density at radius 1 is 1.04 bits per heavy atom. The molecule has 0 N–H and O–H groups in total. The predicted octanol–water partition coefficient (Wildman–Crippen LogP) is 5.23. The highest BCUT2D eigenvalue weighted by molar-refractivity contribution is 5.33. The molecule has 0 amide bonds. The molecular formula is C20H26F2O2.